The molecule has 0 bridgehead atoms. The van der Waals surface area contributed by atoms with Crippen LogP contribution in [0, 0.1) is 0 Å². The molecule has 0 aromatic rings. The van der Waals surface area contributed by atoms with Crippen molar-refractivity contribution in [2.75, 3.05) is 6.61 Å². The minimum Gasteiger partial charge on any atom is -0.464 e. The molecule has 0 heterocycles. The van der Waals surface area contributed by atoms with E-state index in [2.05, 4.69) is 12.2 Å². The Morgan fingerprint density at radius 3 is 1.57 bits per heavy atom. The summed E-state index contributed by atoms with van der Waals surface area (Å²) in [6.07, 6.45) is 20.7. The predicted molar refractivity (Wildman–Crippen MR) is 118 cm³/mol. The number of amides is 1. The fourth-order valence-corrected chi connectivity index (χ4v) is 3.30. The van der Waals surface area contributed by atoms with Crippen LogP contribution < -0.4 is 5.32 Å². The van der Waals surface area contributed by atoms with Crippen molar-refractivity contribution >= 4 is 11.9 Å². The van der Waals surface area contributed by atoms with E-state index in [-0.39, 0.29) is 11.9 Å². The molecular weight excluding hydrogens is 350 g/mol. The van der Waals surface area contributed by atoms with Crippen LogP contribution in [0.3, 0.4) is 0 Å². The summed E-state index contributed by atoms with van der Waals surface area (Å²) in [5, 5.41) is 2.70. The second-order valence-electron chi connectivity index (χ2n) is 8.16. The molecule has 1 unspecified atom stereocenters. The monoisotopic (exact) mass is 397 g/mol. The topological polar surface area (TPSA) is 55.4 Å². The lowest BCUT2D eigenvalue weighted by Gasteiger charge is -2.13. The summed E-state index contributed by atoms with van der Waals surface area (Å²) in [7, 11) is 0. The lowest BCUT2D eigenvalue weighted by molar-refractivity contribution is -0.147. The number of hydrogen-bond acceptors (Lipinski definition) is 3. The van der Waals surface area contributed by atoms with Crippen molar-refractivity contribution in [2.45, 2.75) is 136 Å². The molecule has 0 saturated carbocycles. The number of carbonyl (C=O) groups is 2. The molecule has 166 valence electrons. The molecule has 0 saturated heterocycles. The molecule has 0 aliphatic rings. The second-order valence-corrected chi connectivity index (χ2v) is 8.16. The maximum atomic E-state index is 11.8. The number of hydrogen-bond donors (Lipinski definition) is 1. The van der Waals surface area contributed by atoms with E-state index in [1.165, 1.54) is 77.0 Å². The van der Waals surface area contributed by atoms with Gasteiger partial charge in [0.25, 0.3) is 0 Å². The molecule has 0 fully saturated rings. The third-order valence-electron chi connectivity index (χ3n) is 5.23. The standard InChI is InChI=1S/C24H47NO3/c1-4-6-8-9-10-11-12-13-14-15-16-17-18-19-21-28-24(27)22(3)25-23(26)20-7-5-2/h22H,4-21H2,1-3H3,(H,25,26). The van der Waals surface area contributed by atoms with Crippen LogP contribution >= 0.6 is 0 Å². The lowest BCUT2D eigenvalue weighted by atomic mass is 10.0. The third-order valence-corrected chi connectivity index (χ3v) is 5.23. The SMILES string of the molecule is CCCCCCCCCCCCCCCCOC(=O)C(C)NC(=O)CCCC. The normalized spacial score (nSPS) is 12.0. The smallest absolute Gasteiger partial charge is 0.328 e. The van der Waals surface area contributed by atoms with Gasteiger partial charge in [-0.05, 0) is 19.8 Å². The summed E-state index contributed by atoms with van der Waals surface area (Å²) in [5.41, 5.74) is 0. The van der Waals surface area contributed by atoms with Gasteiger partial charge in [0.15, 0.2) is 0 Å². The molecule has 0 aromatic carbocycles. The van der Waals surface area contributed by atoms with Gasteiger partial charge < -0.3 is 10.1 Å². The van der Waals surface area contributed by atoms with Crippen molar-refractivity contribution in [1.29, 1.82) is 0 Å². The average molecular weight is 398 g/mol. The number of nitrogens with one attached hydrogen (secondary N) is 1. The lowest BCUT2D eigenvalue weighted by Crippen LogP contribution is -2.39. The number of carbonyl (C=O) groups excluding carboxylic acids is 2. The van der Waals surface area contributed by atoms with Crippen molar-refractivity contribution in [2.24, 2.45) is 0 Å². The molecule has 4 nitrogen and oxygen atoms in total. The molecule has 0 radical (unpaired) electrons. The molecule has 0 aromatic heterocycles. The number of esters is 1. The molecule has 1 amide bonds. The maximum Gasteiger partial charge on any atom is 0.328 e. The van der Waals surface area contributed by atoms with Gasteiger partial charge in [-0.3, -0.25) is 4.79 Å². The quantitative estimate of drug-likeness (QED) is 0.183. The summed E-state index contributed by atoms with van der Waals surface area (Å²) < 4.78 is 5.26. The Labute approximate surface area is 174 Å². The first-order chi connectivity index (χ1) is 13.6. The molecular formula is C24H47NO3. The van der Waals surface area contributed by atoms with E-state index in [9.17, 15) is 9.59 Å². The Bertz CT molecular complexity index is 371. The fraction of sp³-hybridized carbons (Fsp3) is 0.917. The number of unbranched alkanes of at least 4 members (excludes halogenated alkanes) is 14. The van der Waals surface area contributed by atoms with Crippen molar-refractivity contribution in [1.82, 2.24) is 5.32 Å². The van der Waals surface area contributed by atoms with Crippen molar-refractivity contribution in [3.05, 3.63) is 0 Å². The molecule has 28 heavy (non-hydrogen) atoms. The van der Waals surface area contributed by atoms with Gasteiger partial charge >= 0.3 is 5.97 Å². The summed E-state index contributed by atoms with van der Waals surface area (Å²) in [5.74, 6) is -0.387. The molecule has 1 atom stereocenters. The molecule has 0 aliphatic heterocycles. The summed E-state index contributed by atoms with van der Waals surface area (Å²) >= 11 is 0. The van der Waals surface area contributed by atoms with Crippen molar-refractivity contribution in [3.63, 3.8) is 0 Å². The van der Waals surface area contributed by atoms with Crippen LogP contribution in [0.15, 0.2) is 0 Å². The van der Waals surface area contributed by atoms with Crippen molar-refractivity contribution < 1.29 is 14.3 Å². The van der Waals surface area contributed by atoms with E-state index in [0.717, 1.165) is 25.7 Å². The first-order valence-corrected chi connectivity index (χ1v) is 12.1. The predicted octanol–water partition coefficient (Wildman–Crippen LogP) is 6.71. The Morgan fingerprint density at radius 2 is 1.11 bits per heavy atom. The Morgan fingerprint density at radius 1 is 0.679 bits per heavy atom. The van der Waals surface area contributed by atoms with Gasteiger partial charge in [0.2, 0.25) is 5.91 Å². The van der Waals surface area contributed by atoms with E-state index in [4.69, 9.17) is 4.74 Å². The van der Waals surface area contributed by atoms with Gasteiger partial charge in [-0.15, -0.1) is 0 Å². The van der Waals surface area contributed by atoms with Gasteiger partial charge in [-0.2, -0.15) is 0 Å². The molecule has 4 heteroatoms. The zero-order valence-corrected chi connectivity index (χ0v) is 19.0. The van der Waals surface area contributed by atoms with Crippen LogP contribution in [0.25, 0.3) is 0 Å². The van der Waals surface area contributed by atoms with Crippen LogP contribution in [0.4, 0.5) is 0 Å². The largest absolute Gasteiger partial charge is 0.464 e. The van der Waals surface area contributed by atoms with Gasteiger partial charge in [-0.1, -0.05) is 104 Å². The number of ether oxygens (including phenoxy) is 1. The zero-order chi connectivity index (χ0) is 20.9. The van der Waals surface area contributed by atoms with Gasteiger partial charge in [0.05, 0.1) is 6.61 Å². The highest BCUT2D eigenvalue weighted by Gasteiger charge is 2.16. The van der Waals surface area contributed by atoms with Crippen LogP contribution in [0.1, 0.15) is 130 Å². The Balaban J connectivity index is 3.34. The molecule has 0 spiro atoms. The summed E-state index contributed by atoms with van der Waals surface area (Å²) in [6.45, 7) is 6.47. The molecule has 1 N–H and O–H groups in total. The van der Waals surface area contributed by atoms with Crippen LogP contribution in [-0.2, 0) is 14.3 Å². The van der Waals surface area contributed by atoms with Gasteiger partial charge in [-0.25, -0.2) is 4.79 Å². The highest BCUT2D eigenvalue weighted by atomic mass is 16.5. The van der Waals surface area contributed by atoms with Crippen LogP contribution in [0.2, 0.25) is 0 Å². The first kappa shape index (κ1) is 26.9. The number of rotatable bonds is 20. The van der Waals surface area contributed by atoms with Crippen molar-refractivity contribution in [3.8, 4) is 0 Å². The molecule has 0 aliphatic carbocycles. The average Bonchev–Trinajstić information content (AvgIpc) is 2.69. The Kier molecular flexibility index (Phi) is 19.9. The summed E-state index contributed by atoms with van der Waals surface area (Å²) in [6, 6.07) is -0.545. The minimum absolute atomic E-state index is 0.0669. The maximum absolute atomic E-state index is 11.8. The highest BCUT2D eigenvalue weighted by Crippen LogP contribution is 2.13. The Hall–Kier alpha value is -1.06. The second kappa shape index (κ2) is 20.7. The van der Waals surface area contributed by atoms with E-state index < -0.39 is 6.04 Å². The van der Waals surface area contributed by atoms with Crippen LogP contribution in [0.5, 0.6) is 0 Å². The van der Waals surface area contributed by atoms with E-state index in [1.54, 1.807) is 6.92 Å². The van der Waals surface area contributed by atoms with Crippen LogP contribution in [-0.4, -0.2) is 24.5 Å². The minimum atomic E-state index is -0.545. The third kappa shape index (κ3) is 18.3. The van der Waals surface area contributed by atoms with E-state index in [0.29, 0.717) is 13.0 Å². The highest BCUT2D eigenvalue weighted by molar-refractivity contribution is 5.84. The van der Waals surface area contributed by atoms with Gasteiger partial charge in [0, 0.05) is 6.42 Å². The first-order valence-electron chi connectivity index (χ1n) is 12.1. The fourth-order valence-electron chi connectivity index (χ4n) is 3.30. The van der Waals surface area contributed by atoms with Gasteiger partial charge in [0.1, 0.15) is 6.04 Å². The van der Waals surface area contributed by atoms with E-state index >= 15 is 0 Å². The van der Waals surface area contributed by atoms with E-state index in [1.807, 2.05) is 6.92 Å². The molecule has 0 rings (SSSR count). The zero-order valence-electron chi connectivity index (χ0n) is 19.0. The summed E-state index contributed by atoms with van der Waals surface area (Å²) in [4.78, 5) is 23.5.